The molecule has 1 aliphatic heterocycles. The standard InChI is InChI=1S/C18H26N2O2S2.ClH/c1-18(12-19,14-5-6-14)20-16(21)11-22-15-7-3-13(4-8-15)17-23-9-2-10-24-17;/h3-4,7-8,14,17H,2,5-6,9-12,19H2,1H3,(H,20,21);1H. The highest BCUT2D eigenvalue weighted by Gasteiger charge is 2.41. The fraction of sp³-hybridized carbons (Fsp3) is 0.611. The second-order valence-corrected chi connectivity index (χ2v) is 9.45. The van der Waals surface area contributed by atoms with Crippen LogP contribution in [0.4, 0.5) is 0 Å². The number of rotatable bonds is 7. The molecule has 3 rings (SSSR count). The van der Waals surface area contributed by atoms with Gasteiger partial charge in [-0.05, 0) is 61.3 Å². The van der Waals surface area contributed by atoms with E-state index in [4.69, 9.17) is 10.5 Å². The highest BCUT2D eigenvalue weighted by molar-refractivity contribution is 8.16. The Balaban J connectivity index is 0.00000225. The summed E-state index contributed by atoms with van der Waals surface area (Å²) >= 11 is 4.01. The summed E-state index contributed by atoms with van der Waals surface area (Å²) in [6.45, 7) is 2.53. The molecule has 4 nitrogen and oxygen atoms in total. The van der Waals surface area contributed by atoms with Crippen LogP contribution in [0.1, 0.15) is 36.3 Å². The van der Waals surface area contributed by atoms with E-state index < -0.39 is 0 Å². The Labute approximate surface area is 164 Å². The second kappa shape index (κ2) is 9.40. The predicted octanol–water partition coefficient (Wildman–Crippen LogP) is 3.60. The fourth-order valence-electron chi connectivity index (χ4n) is 2.95. The Kier molecular flexibility index (Phi) is 7.80. The van der Waals surface area contributed by atoms with Crippen molar-refractivity contribution in [3.8, 4) is 5.75 Å². The highest BCUT2D eigenvalue weighted by Crippen LogP contribution is 2.43. The molecule has 0 bridgehead atoms. The molecule has 7 heteroatoms. The quantitative estimate of drug-likeness (QED) is 0.729. The maximum absolute atomic E-state index is 12.1. The molecule has 1 heterocycles. The van der Waals surface area contributed by atoms with Crippen molar-refractivity contribution in [2.45, 2.75) is 36.3 Å². The number of benzene rings is 1. The molecule has 1 aromatic carbocycles. The van der Waals surface area contributed by atoms with Crippen LogP contribution in [-0.4, -0.2) is 36.1 Å². The first-order valence-electron chi connectivity index (χ1n) is 8.58. The third-order valence-electron chi connectivity index (χ3n) is 4.68. The van der Waals surface area contributed by atoms with Gasteiger partial charge < -0.3 is 15.8 Å². The van der Waals surface area contributed by atoms with E-state index in [0.717, 1.165) is 18.6 Å². The monoisotopic (exact) mass is 402 g/mol. The van der Waals surface area contributed by atoms with Crippen LogP contribution >= 0.6 is 35.9 Å². The molecule has 25 heavy (non-hydrogen) atoms. The van der Waals surface area contributed by atoms with Gasteiger partial charge in [0, 0.05) is 6.54 Å². The minimum absolute atomic E-state index is 0. The van der Waals surface area contributed by atoms with Crippen molar-refractivity contribution in [1.82, 2.24) is 5.32 Å². The summed E-state index contributed by atoms with van der Waals surface area (Å²) in [6, 6.07) is 8.14. The highest BCUT2D eigenvalue weighted by atomic mass is 35.5. The Bertz CT molecular complexity index is 563. The maximum Gasteiger partial charge on any atom is 0.258 e. The van der Waals surface area contributed by atoms with Crippen LogP contribution in [0.25, 0.3) is 0 Å². The van der Waals surface area contributed by atoms with Gasteiger partial charge in [0.05, 0.1) is 10.1 Å². The fourth-order valence-corrected chi connectivity index (χ4v) is 5.84. The molecule has 1 aliphatic carbocycles. The van der Waals surface area contributed by atoms with Gasteiger partial charge >= 0.3 is 0 Å². The van der Waals surface area contributed by atoms with Crippen molar-refractivity contribution < 1.29 is 9.53 Å². The lowest BCUT2D eigenvalue weighted by molar-refractivity contribution is -0.125. The SMILES string of the molecule is CC(CN)(NC(=O)COc1ccc(C2SCCCS2)cc1)C1CC1.Cl. The number of amides is 1. The first-order valence-corrected chi connectivity index (χ1v) is 10.7. The summed E-state index contributed by atoms with van der Waals surface area (Å²) < 4.78 is 6.16. The normalized spacial score (nSPS) is 20.2. The van der Waals surface area contributed by atoms with E-state index in [2.05, 4.69) is 17.4 Å². The van der Waals surface area contributed by atoms with Crippen molar-refractivity contribution >= 4 is 41.8 Å². The molecule has 0 aromatic heterocycles. The predicted molar refractivity (Wildman–Crippen MR) is 110 cm³/mol. The Morgan fingerprint density at radius 3 is 2.48 bits per heavy atom. The summed E-state index contributed by atoms with van der Waals surface area (Å²) in [4.78, 5) is 12.1. The smallest absolute Gasteiger partial charge is 0.258 e. The van der Waals surface area contributed by atoms with Gasteiger partial charge in [-0.3, -0.25) is 4.79 Å². The number of nitrogens with one attached hydrogen (secondary N) is 1. The zero-order valence-corrected chi connectivity index (χ0v) is 17.0. The maximum atomic E-state index is 12.1. The number of carbonyl (C=O) groups is 1. The van der Waals surface area contributed by atoms with E-state index in [9.17, 15) is 4.79 Å². The van der Waals surface area contributed by atoms with E-state index in [-0.39, 0.29) is 30.5 Å². The van der Waals surface area contributed by atoms with Crippen LogP contribution in [-0.2, 0) is 4.79 Å². The average Bonchev–Trinajstić information content (AvgIpc) is 3.47. The van der Waals surface area contributed by atoms with Gasteiger partial charge in [-0.15, -0.1) is 35.9 Å². The first-order chi connectivity index (χ1) is 11.6. The molecule has 1 saturated heterocycles. The number of ether oxygens (including phenoxy) is 1. The molecular formula is C18H27ClN2O2S2. The first kappa shape index (κ1) is 20.7. The Morgan fingerprint density at radius 2 is 1.92 bits per heavy atom. The topological polar surface area (TPSA) is 64.3 Å². The van der Waals surface area contributed by atoms with E-state index in [1.165, 1.54) is 23.5 Å². The van der Waals surface area contributed by atoms with Gasteiger partial charge in [-0.2, -0.15) is 0 Å². The summed E-state index contributed by atoms with van der Waals surface area (Å²) in [5.41, 5.74) is 6.86. The van der Waals surface area contributed by atoms with Gasteiger partial charge in [0.1, 0.15) is 5.75 Å². The number of carbonyl (C=O) groups excluding carboxylic acids is 1. The number of halogens is 1. The molecule has 1 aromatic rings. The van der Waals surface area contributed by atoms with Crippen LogP contribution in [0.15, 0.2) is 24.3 Å². The van der Waals surface area contributed by atoms with Gasteiger partial charge in [0.25, 0.3) is 5.91 Å². The van der Waals surface area contributed by atoms with Crippen molar-refractivity contribution in [2.75, 3.05) is 24.7 Å². The molecule has 2 fully saturated rings. The Hall–Kier alpha value is -0.560. The zero-order chi connectivity index (χ0) is 17.0. The molecule has 3 N–H and O–H groups in total. The lowest BCUT2D eigenvalue weighted by atomic mass is 9.96. The summed E-state index contributed by atoms with van der Waals surface area (Å²) in [5.74, 6) is 3.61. The lowest BCUT2D eigenvalue weighted by Gasteiger charge is -2.29. The summed E-state index contributed by atoms with van der Waals surface area (Å²) in [7, 11) is 0. The second-order valence-electron chi connectivity index (χ2n) is 6.73. The van der Waals surface area contributed by atoms with Crippen LogP contribution in [0, 0.1) is 5.92 Å². The van der Waals surface area contributed by atoms with Gasteiger partial charge in [-0.1, -0.05) is 12.1 Å². The molecule has 1 saturated carbocycles. The molecule has 1 unspecified atom stereocenters. The van der Waals surface area contributed by atoms with E-state index in [1.54, 1.807) is 0 Å². The van der Waals surface area contributed by atoms with Crippen LogP contribution in [0.5, 0.6) is 5.75 Å². The number of hydrogen-bond donors (Lipinski definition) is 2. The number of hydrogen-bond acceptors (Lipinski definition) is 5. The van der Waals surface area contributed by atoms with E-state index in [1.807, 2.05) is 42.6 Å². The van der Waals surface area contributed by atoms with Gasteiger partial charge in [0.2, 0.25) is 0 Å². The third kappa shape index (κ3) is 5.71. The molecule has 1 atom stereocenters. The largest absolute Gasteiger partial charge is 0.484 e. The minimum Gasteiger partial charge on any atom is -0.484 e. The van der Waals surface area contributed by atoms with E-state index in [0.29, 0.717) is 17.0 Å². The Morgan fingerprint density at radius 1 is 1.28 bits per heavy atom. The van der Waals surface area contributed by atoms with Gasteiger partial charge in [0.15, 0.2) is 6.61 Å². The summed E-state index contributed by atoms with van der Waals surface area (Å²) in [5, 5.41) is 3.04. The van der Waals surface area contributed by atoms with E-state index >= 15 is 0 Å². The minimum atomic E-state index is -0.292. The van der Waals surface area contributed by atoms with Crippen molar-refractivity contribution in [3.63, 3.8) is 0 Å². The van der Waals surface area contributed by atoms with Crippen LogP contribution in [0.3, 0.4) is 0 Å². The molecular weight excluding hydrogens is 376 g/mol. The summed E-state index contributed by atoms with van der Waals surface area (Å²) in [6.07, 6.45) is 3.59. The lowest BCUT2D eigenvalue weighted by Crippen LogP contribution is -2.54. The van der Waals surface area contributed by atoms with Crippen LogP contribution in [0.2, 0.25) is 0 Å². The molecule has 2 aliphatic rings. The number of nitrogens with two attached hydrogens (primary N) is 1. The number of thioether (sulfide) groups is 2. The average molecular weight is 403 g/mol. The molecule has 1 amide bonds. The molecule has 0 radical (unpaired) electrons. The van der Waals surface area contributed by atoms with Crippen molar-refractivity contribution in [2.24, 2.45) is 11.7 Å². The molecule has 140 valence electrons. The van der Waals surface area contributed by atoms with Crippen LogP contribution < -0.4 is 15.8 Å². The molecule has 0 spiro atoms. The van der Waals surface area contributed by atoms with Gasteiger partial charge in [-0.25, -0.2) is 0 Å². The van der Waals surface area contributed by atoms with Crippen molar-refractivity contribution in [3.05, 3.63) is 29.8 Å². The zero-order valence-electron chi connectivity index (χ0n) is 14.5. The third-order valence-corrected chi connectivity index (χ3v) is 7.69. The van der Waals surface area contributed by atoms with Crippen molar-refractivity contribution in [1.29, 1.82) is 0 Å².